The third-order valence-electron chi connectivity index (χ3n) is 3.55. The third-order valence-corrected chi connectivity index (χ3v) is 4.79. The second-order valence-corrected chi connectivity index (χ2v) is 6.27. The number of rotatable bonds is 4. The maximum absolute atomic E-state index is 14.0. The smallest absolute Gasteiger partial charge is 0.261 e. The molecule has 1 saturated heterocycles. The van der Waals surface area contributed by atoms with Gasteiger partial charge in [-0.1, -0.05) is 24.3 Å². The van der Waals surface area contributed by atoms with E-state index in [2.05, 4.69) is 0 Å². The van der Waals surface area contributed by atoms with Gasteiger partial charge >= 0.3 is 0 Å². The molecule has 1 fully saturated rings. The Kier molecular flexibility index (Phi) is 4.81. The molecule has 23 heavy (non-hydrogen) atoms. The van der Waals surface area contributed by atoms with Crippen LogP contribution < -0.4 is 4.74 Å². The van der Waals surface area contributed by atoms with Gasteiger partial charge in [-0.05, 0) is 18.2 Å². The molecule has 0 bridgehead atoms. The van der Waals surface area contributed by atoms with E-state index in [1.807, 2.05) is 18.2 Å². The van der Waals surface area contributed by atoms with Gasteiger partial charge in [-0.25, -0.2) is 8.78 Å². The molecule has 1 atom stereocenters. The molecule has 1 unspecified atom stereocenters. The van der Waals surface area contributed by atoms with Crippen LogP contribution in [0.4, 0.5) is 8.78 Å². The number of nitrogens with zero attached hydrogens (tertiary/aromatic N) is 1. The summed E-state index contributed by atoms with van der Waals surface area (Å²) >= 11 is 1.46. The SMILES string of the molecule is O=C(COc1ccccc1)N1CCSC1c1ccc(F)cc1F. The fraction of sp³-hybridized carbons (Fsp3) is 0.235. The van der Waals surface area contributed by atoms with Crippen molar-refractivity contribution in [2.75, 3.05) is 18.9 Å². The van der Waals surface area contributed by atoms with Gasteiger partial charge in [0.25, 0.3) is 5.91 Å². The van der Waals surface area contributed by atoms with Crippen LogP contribution in [0.2, 0.25) is 0 Å². The van der Waals surface area contributed by atoms with Crippen molar-refractivity contribution in [3.63, 3.8) is 0 Å². The number of carbonyl (C=O) groups excluding carboxylic acids is 1. The van der Waals surface area contributed by atoms with Crippen molar-refractivity contribution in [2.24, 2.45) is 0 Å². The number of hydrogen-bond acceptors (Lipinski definition) is 3. The Balaban J connectivity index is 1.69. The Labute approximate surface area is 137 Å². The van der Waals surface area contributed by atoms with Crippen molar-refractivity contribution in [1.82, 2.24) is 4.90 Å². The first-order valence-electron chi connectivity index (χ1n) is 7.19. The first-order valence-corrected chi connectivity index (χ1v) is 8.24. The highest BCUT2D eigenvalue weighted by atomic mass is 32.2. The minimum Gasteiger partial charge on any atom is -0.484 e. The molecular weight excluding hydrogens is 320 g/mol. The average Bonchev–Trinajstić information content (AvgIpc) is 3.03. The van der Waals surface area contributed by atoms with Crippen molar-refractivity contribution < 1.29 is 18.3 Å². The number of carbonyl (C=O) groups is 1. The van der Waals surface area contributed by atoms with Crippen LogP contribution in [-0.4, -0.2) is 29.7 Å². The average molecular weight is 335 g/mol. The van der Waals surface area contributed by atoms with Crippen LogP contribution in [0, 0.1) is 11.6 Å². The number of amides is 1. The zero-order valence-corrected chi connectivity index (χ0v) is 13.1. The van der Waals surface area contributed by atoms with Gasteiger partial charge in [0, 0.05) is 23.9 Å². The molecule has 0 aromatic heterocycles. The van der Waals surface area contributed by atoms with E-state index in [1.54, 1.807) is 17.0 Å². The van der Waals surface area contributed by atoms with Gasteiger partial charge in [-0.15, -0.1) is 11.8 Å². The third kappa shape index (κ3) is 3.64. The number of hydrogen-bond donors (Lipinski definition) is 0. The van der Waals surface area contributed by atoms with Crippen molar-refractivity contribution in [1.29, 1.82) is 0 Å². The van der Waals surface area contributed by atoms with Gasteiger partial charge in [0.15, 0.2) is 6.61 Å². The Morgan fingerprint density at radius 1 is 1.22 bits per heavy atom. The Morgan fingerprint density at radius 3 is 2.74 bits per heavy atom. The molecule has 0 N–H and O–H groups in total. The number of ether oxygens (including phenoxy) is 1. The van der Waals surface area contributed by atoms with E-state index >= 15 is 0 Å². The summed E-state index contributed by atoms with van der Waals surface area (Å²) in [5.41, 5.74) is 0.321. The molecule has 6 heteroatoms. The fourth-order valence-corrected chi connectivity index (χ4v) is 3.73. The summed E-state index contributed by atoms with van der Waals surface area (Å²) in [5, 5.41) is -0.442. The van der Waals surface area contributed by atoms with Crippen molar-refractivity contribution in [3.8, 4) is 5.75 Å². The molecule has 2 aromatic rings. The molecule has 3 nitrogen and oxygen atoms in total. The highest BCUT2D eigenvalue weighted by Gasteiger charge is 2.32. The standard InChI is InChI=1S/C17H15F2NO2S/c18-12-6-7-14(15(19)10-12)17-20(8-9-23-17)16(21)11-22-13-4-2-1-3-5-13/h1-7,10,17H,8-9,11H2. The molecule has 0 aliphatic carbocycles. The quantitative estimate of drug-likeness (QED) is 0.855. The summed E-state index contributed by atoms with van der Waals surface area (Å²) < 4.78 is 32.5. The lowest BCUT2D eigenvalue weighted by molar-refractivity contribution is -0.133. The number of para-hydroxylation sites is 1. The van der Waals surface area contributed by atoms with E-state index < -0.39 is 17.0 Å². The molecule has 2 aromatic carbocycles. The molecule has 3 rings (SSSR count). The Bertz CT molecular complexity index is 696. The van der Waals surface area contributed by atoms with Gasteiger partial charge < -0.3 is 9.64 Å². The zero-order chi connectivity index (χ0) is 16.2. The first kappa shape index (κ1) is 15.8. The van der Waals surface area contributed by atoms with E-state index in [0.717, 1.165) is 6.07 Å². The lowest BCUT2D eigenvalue weighted by Gasteiger charge is -2.24. The molecule has 1 aliphatic rings. The highest BCUT2D eigenvalue weighted by molar-refractivity contribution is 7.99. The highest BCUT2D eigenvalue weighted by Crippen LogP contribution is 2.39. The van der Waals surface area contributed by atoms with E-state index in [0.29, 0.717) is 23.6 Å². The Hall–Kier alpha value is -2.08. The topological polar surface area (TPSA) is 29.5 Å². The maximum atomic E-state index is 14.0. The second kappa shape index (κ2) is 7.00. The monoisotopic (exact) mass is 335 g/mol. The number of halogens is 2. The summed E-state index contributed by atoms with van der Waals surface area (Å²) in [5.74, 6) is -0.158. The molecular formula is C17H15F2NO2S. The predicted octanol–water partition coefficient (Wildman–Crippen LogP) is 3.62. The van der Waals surface area contributed by atoms with Crippen LogP contribution >= 0.6 is 11.8 Å². The maximum Gasteiger partial charge on any atom is 0.261 e. The number of thioether (sulfide) groups is 1. The predicted molar refractivity (Wildman–Crippen MR) is 85.2 cm³/mol. The van der Waals surface area contributed by atoms with E-state index in [1.165, 1.54) is 23.9 Å². The summed E-state index contributed by atoms with van der Waals surface area (Å²) in [6.07, 6.45) is 0. The molecule has 120 valence electrons. The Morgan fingerprint density at radius 2 is 2.00 bits per heavy atom. The molecule has 0 spiro atoms. The zero-order valence-electron chi connectivity index (χ0n) is 12.2. The summed E-state index contributed by atoms with van der Waals surface area (Å²) in [6, 6.07) is 12.5. The lowest BCUT2D eigenvalue weighted by Crippen LogP contribution is -2.34. The number of benzene rings is 2. The van der Waals surface area contributed by atoms with Crippen molar-refractivity contribution in [3.05, 3.63) is 65.7 Å². The normalized spacial score (nSPS) is 17.3. The summed E-state index contributed by atoms with van der Waals surface area (Å²) in [7, 11) is 0. The lowest BCUT2D eigenvalue weighted by atomic mass is 10.2. The molecule has 1 amide bonds. The van der Waals surface area contributed by atoms with Crippen molar-refractivity contribution >= 4 is 17.7 Å². The molecule has 1 heterocycles. The fourth-order valence-electron chi connectivity index (χ4n) is 2.43. The van der Waals surface area contributed by atoms with Gasteiger partial charge in [0.2, 0.25) is 0 Å². The van der Waals surface area contributed by atoms with E-state index in [4.69, 9.17) is 4.74 Å². The minimum absolute atomic E-state index is 0.107. The van der Waals surface area contributed by atoms with Crippen LogP contribution in [0.15, 0.2) is 48.5 Å². The van der Waals surface area contributed by atoms with E-state index in [-0.39, 0.29) is 12.5 Å². The van der Waals surface area contributed by atoms with Gasteiger partial charge in [-0.3, -0.25) is 4.79 Å². The second-order valence-electron chi connectivity index (χ2n) is 5.08. The summed E-state index contributed by atoms with van der Waals surface area (Å²) in [6.45, 7) is 0.410. The largest absolute Gasteiger partial charge is 0.484 e. The van der Waals surface area contributed by atoms with Crippen LogP contribution in [0.5, 0.6) is 5.75 Å². The molecule has 0 saturated carbocycles. The molecule has 0 radical (unpaired) electrons. The van der Waals surface area contributed by atoms with Crippen LogP contribution in [0.1, 0.15) is 10.9 Å². The van der Waals surface area contributed by atoms with Crippen LogP contribution in [0.3, 0.4) is 0 Å². The summed E-state index contributed by atoms with van der Waals surface area (Å²) in [4.78, 5) is 13.9. The van der Waals surface area contributed by atoms with Crippen LogP contribution in [0.25, 0.3) is 0 Å². The van der Waals surface area contributed by atoms with Gasteiger partial charge in [0.1, 0.15) is 22.8 Å². The van der Waals surface area contributed by atoms with Crippen LogP contribution in [-0.2, 0) is 4.79 Å². The van der Waals surface area contributed by atoms with Gasteiger partial charge in [0.05, 0.1) is 0 Å². The van der Waals surface area contributed by atoms with Gasteiger partial charge in [-0.2, -0.15) is 0 Å². The molecule has 1 aliphatic heterocycles. The van der Waals surface area contributed by atoms with Crippen molar-refractivity contribution in [2.45, 2.75) is 5.37 Å². The minimum atomic E-state index is -0.633. The first-order chi connectivity index (χ1) is 11.1. The van der Waals surface area contributed by atoms with E-state index in [9.17, 15) is 13.6 Å².